The van der Waals surface area contributed by atoms with Crippen molar-refractivity contribution in [2.75, 3.05) is 0 Å². The molecule has 0 aromatic heterocycles. The second kappa shape index (κ2) is 5.14. The summed E-state index contributed by atoms with van der Waals surface area (Å²) < 4.78 is 0. The fourth-order valence-corrected chi connectivity index (χ4v) is 2.54. The standard InChI is InChI=1S/C18H24/c1-6-13(4)16-10-8-15(12(2)3)11-18-14(5)7-9-17(16)18/h7-13H,6H2,1-5H3. The van der Waals surface area contributed by atoms with Crippen molar-refractivity contribution in [1.29, 1.82) is 0 Å². The van der Waals surface area contributed by atoms with Gasteiger partial charge in [-0.3, -0.25) is 0 Å². The van der Waals surface area contributed by atoms with Crippen molar-refractivity contribution in [3.05, 3.63) is 47.0 Å². The van der Waals surface area contributed by atoms with E-state index in [9.17, 15) is 0 Å². The monoisotopic (exact) mass is 240 g/mol. The molecule has 0 spiro atoms. The lowest BCUT2D eigenvalue weighted by molar-refractivity contribution is 0.736. The van der Waals surface area contributed by atoms with Crippen LogP contribution in [-0.4, -0.2) is 0 Å². The molecule has 2 rings (SSSR count). The van der Waals surface area contributed by atoms with E-state index in [-0.39, 0.29) is 0 Å². The van der Waals surface area contributed by atoms with Crippen molar-refractivity contribution >= 4 is 0 Å². The maximum atomic E-state index is 2.38. The van der Waals surface area contributed by atoms with Crippen molar-refractivity contribution in [2.24, 2.45) is 0 Å². The first-order chi connectivity index (χ1) is 8.54. The zero-order valence-electron chi connectivity index (χ0n) is 12.2. The van der Waals surface area contributed by atoms with Crippen molar-refractivity contribution in [3.63, 3.8) is 0 Å². The van der Waals surface area contributed by atoms with E-state index in [2.05, 4.69) is 65.0 Å². The van der Waals surface area contributed by atoms with Crippen LogP contribution in [0.1, 0.15) is 62.6 Å². The third-order valence-electron chi connectivity index (χ3n) is 4.10. The number of fused-ring (bicyclic) bond motifs is 1. The minimum absolute atomic E-state index is 0.583. The lowest BCUT2D eigenvalue weighted by Gasteiger charge is -2.11. The molecule has 0 saturated heterocycles. The summed E-state index contributed by atoms with van der Waals surface area (Å²) >= 11 is 0. The van der Waals surface area contributed by atoms with Gasteiger partial charge >= 0.3 is 0 Å². The highest BCUT2D eigenvalue weighted by molar-refractivity contribution is 5.74. The molecular weight excluding hydrogens is 216 g/mol. The molecular formula is C18H24. The van der Waals surface area contributed by atoms with E-state index in [4.69, 9.17) is 0 Å². The second-order valence-corrected chi connectivity index (χ2v) is 5.74. The van der Waals surface area contributed by atoms with Crippen molar-refractivity contribution in [1.82, 2.24) is 0 Å². The summed E-state index contributed by atoms with van der Waals surface area (Å²) in [5.41, 5.74) is 7.19. The predicted octanol–water partition coefficient (Wildman–Crippen LogP) is 5.74. The Morgan fingerprint density at radius 3 is 2.28 bits per heavy atom. The summed E-state index contributed by atoms with van der Waals surface area (Å²) in [6.07, 6.45) is 1.19. The molecule has 0 saturated carbocycles. The minimum Gasteiger partial charge on any atom is -0.0648 e. The van der Waals surface area contributed by atoms with Crippen LogP contribution in [0, 0.1) is 6.92 Å². The van der Waals surface area contributed by atoms with Crippen LogP contribution in [-0.2, 0) is 0 Å². The zero-order valence-corrected chi connectivity index (χ0v) is 12.2. The van der Waals surface area contributed by atoms with Crippen LogP contribution in [0.15, 0.2) is 30.3 Å². The molecule has 18 heavy (non-hydrogen) atoms. The molecule has 0 aromatic carbocycles. The molecule has 0 aromatic rings. The first kappa shape index (κ1) is 13.1. The molecule has 0 fully saturated rings. The van der Waals surface area contributed by atoms with E-state index in [0.717, 1.165) is 0 Å². The fraction of sp³-hybridized carbons (Fsp3) is 0.444. The maximum absolute atomic E-state index is 2.38. The first-order valence-corrected chi connectivity index (χ1v) is 7.07. The highest BCUT2D eigenvalue weighted by Gasteiger charge is 2.15. The smallest absolute Gasteiger partial charge is 0.0146 e. The van der Waals surface area contributed by atoms with Crippen molar-refractivity contribution in [2.45, 2.75) is 52.9 Å². The SMILES string of the molecule is CCC(C)c1ccc(C(C)C)cc2c(C)ccc1-2. The molecule has 2 aliphatic rings. The molecule has 96 valence electrons. The largest absolute Gasteiger partial charge is 0.0648 e. The van der Waals surface area contributed by atoms with Crippen LogP contribution in [0.25, 0.3) is 11.1 Å². The topological polar surface area (TPSA) is 0 Å². The average molecular weight is 240 g/mol. The number of aryl methyl sites for hydroxylation is 1. The van der Waals surface area contributed by atoms with Crippen LogP contribution < -0.4 is 0 Å². The Bertz CT molecular complexity index is 508. The van der Waals surface area contributed by atoms with Gasteiger partial charge in [-0.15, -0.1) is 0 Å². The Morgan fingerprint density at radius 1 is 0.944 bits per heavy atom. The third kappa shape index (κ3) is 2.29. The van der Waals surface area contributed by atoms with Gasteiger partial charge in [0.05, 0.1) is 0 Å². The Balaban J connectivity index is 2.67. The van der Waals surface area contributed by atoms with Crippen LogP contribution >= 0.6 is 0 Å². The van der Waals surface area contributed by atoms with E-state index in [0.29, 0.717) is 11.8 Å². The van der Waals surface area contributed by atoms with Crippen LogP contribution in [0.4, 0.5) is 0 Å². The lowest BCUT2D eigenvalue weighted by Crippen LogP contribution is -1.91. The lowest BCUT2D eigenvalue weighted by atomic mass is 9.93. The van der Waals surface area contributed by atoms with Gasteiger partial charge in [0.2, 0.25) is 0 Å². The van der Waals surface area contributed by atoms with E-state index in [1.54, 1.807) is 0 Å². The molecule has 1 atom stereocenters. The predicted molar refractivity (Wildman–Crippen MR) is 80.6 cm³/mol. The van der Waals surface area contributed by atoms with Gasteiger partial charge in [-0.2, -0.15) is 0 Å². The van der Waals surface area contributed by atoms with Crippen LogP contribution in [0.3, 0.4) is 0 Å². The van der Waals surface area contributed by atoms with Gasteiger partial charge < -0.3 is 0 Å². The van der Waals surface area contributed by atoms with Crippen molar-refractivity contribution < 1.29 is 0 Å². The fourth-order valence-electron chi connectivity index (χ4n) is 2.54. The molecule has 0 heteroatoms. The summed E-state index contributed by atoms with van der Waals surface area (Å²) in [4.78, 5) is 0. The molecule has 0 amide bonds. The Hall–Kier alpha value is -1.30. The second-order valence-electron chi connectivity index (χ2n) is 5.74. The molecule has 2 aliphatic carbocycles. The highest BCUT2D eigenvalue weighted by Crippen LogP contribution is 2.36. The van der Waals surface area contributed by atoms with Crippen molar-refractivity contribution in [3.8, 4) is 11.1 Å². The molecule has 1 unspecified atom stereocenters. The van der Waals surface area contributed by atoms with E-state index in [1.165, 1.54) is 34.2 Å². The summed E-state index contributed by atoms with van der Waals surface area (Å²) in [6, 6.07) is 11.6. The summed E-state index contributed by atoms with van der Waals surface area (Å²) in [5.74, 6) is 1.21. The van der Waals surface area contributed by atoms with E-state index in [1.807, 2.05) is 0 Å². The van der Waals surface area contributed by atoms with Crippen LogP contribution in [0.2, 0.25) is 0 Å². The van der Waals surface area contributed by atoms with E-state index < -0.39 is 0 Å². The molecule has 0 N–H and O–H groups in total. The molecule has 0 aliphatic heterocycles. The normalized spacial score (nSPS) is 13.2. The number of hydrogen-bond acceptors (Lipinski definition) is 0. The zero-order chi connectivity index (χ0) is 13.3. The summed E-state index contributed by atoms with van der Waals surface area (Å²) in [5, 5.41) is 0. The maximum Gasteiger partial charge on any atom is -0.0146 e. The van der Waals surface area contributed by atoms with Gasteiger partial charge in [-0.05, 0) is 53.0 Å². The van der Waals surface area contributed by atoms with Gasteiger partial charge in [-0.1, -0.05) is 58.0 Å². The quantitative estimate of drug-likeness (QED) is 0.642. The van der Waals surface area contributed by atoms with Gasteiger partial charge in [0.1, 0.15) is 0 Å². The van der Waals surface area contributed by atoms with Gasteiger partial charge in [-0.25, -0.2) is 0 Å². The molecule has 0 bridgehead atoms. The minimum atomic E-state index is 0.583. The molecule has 0 radical (unpaired) electrons. The Morgan fingerprint density at radius 2 is 1.67 bits per heavy atom. The third-order valence-corrected chi connectivity index (χ3v) is 4.10. The highest BCUT2D eigenvalue weighted by atomic mass is 14.2. The van der Waals surface area contributed by atoms with Gasteiger partial charge in [0, 0.05) is 0 Å². The first-order valence-electron chi connectivity index (χ1n) is 7.07. The molecule has 0 heterocycles. The average Bonchev–Trinajstić information content (AvgIpc) is 2.60. The van der Waals surface area contributed by atoms with Crippen LogP contribution in [0.5, 0.6) is 0 Å². The summed E-state index contributed by atoms with van der Waals surface area (Å²) in [7, 11) is 0. The van der Waals surface area contributed by atoms with Gasteiger partial charge in [0.25, 0.3) is 0 Å². The molecule has 0 nitrogen and oxygen atoms in total. The Labute approximate surface area is 111 Å². The summed E-state index contributed by atoms with van der Waals surface area (Å²) in [6.45, 7) is 11.3. The number of rotatable bonds is 3. The number of hydrogen-bond donors (Lipinski definition) is 0. The van der Waals surface area contributed by atoms with Gasteiger partial charge in [0.15, 0.2) is 0 Å². The van der Waals surface area contributed by atoms with E-state index >= 15 is 0 Å². The Kier molecular flexibility index (Phi) is 3.75.